The van der Waals surface area contributed by atoms with Crippen molar-refractivity contribution >= 4 is 23.5 Å². The molecule has 4 nitrogen and oxygen atoms in total. The summed E-state index contributed by atoms with van der Waals surface area (Å²) < 4.78 is 4.76. The van der Waals surface area contributed by atoms with E-state index in [0.717, 1.165) is 25.7 Å². The zero-order valence-corrected chi connectivity index (χ0v) is 14.9. The minimum atomic E-state index is -0.352. The Morgan fingerprint density at radius 2 is 2.00 bits per heavy atom. The summed E-state index contributed by atoms with van der Waals surface area (Å²) in [6, 6.07) is 6.90. The average Bonchev–Trinajstić information content (AvgIpc) is 2.56. The third-order valence-electron chi connectivity index (χ3n) is 3.74. The first-order chi connectivity index (χ1) is 11.0. The summed E-state index contributed by atoms with van der Waals surface area (Å²) in [5.74, 6) is -0.753. The first kappa shape index (κ1) is 19.5. The number of methoxy groups -OCH3 is 1. The molecule has 0 radical (unpaired) electrons. The van der Waals surface area contributed by atoms with Gasteiger partial charge in [0, 0.05) is 23.7 Å². The third kappa shape index (κ3) is 6.61. The topological polar surface area (TPSA) is 46.6 Å². The number of benzene rings is 1. The molecule has 1 amide bonds. The van der Waals surface area contributed by atoms with Crippen molar-refractivity contribution in [1.82, 2.24) is 4.90 Å². The van der Waals surface area contributed by atoms with Gasteiger partial charge in [-0.2, -0.15) is 0 Å². The quantitative estimate of drug-likeness (QED) is 0.501. The molecular formula is C18H26ClNO3. The van der Waals surface area contributed by atoms with Crippen molar-refractivity contribution in [3.05, 3.63) is 34.9 Å². The molecule has 0 aliphatic carbocycles. The SMILES string of the molecule is CCCCCCN(CC(C)C(=O)OC)C(=O)c1cccc(Cl)c1. The molecule has 23 heavy (non-hydrogen) atoms. The lowest BCUT2D eigenvalue weighted by Gasteiger charge is -2.25. The van der Waals surface area contributed by atoms with Gasteiger partial charge in [-0.25, -0.2) is 0 Å². The number of ether oxygens (including phenoxy) is 1. The molecule has 1 aromatic rings. The highest BCUT2D eigenvalue weighted by atomic mass is 35.5. The maximum atomic E-state index is 12.7. The van der Waals surface area contributed by atoms with Crippen LogP contribution in [-0.2, 0) is 9.53 Å². The van der Waals surface area contributed by atoms with E-state index < -0.39 is 0 Å². The van der Waals surface area contributed by atoms with Gasteiger partial charge in [-0.1, -0.05) is 50.8 Å². The van der Waals surface area contributed by atoms with Crippen molar-refractivity contribution in [2.75, 3.05) is 20.2 Å². The van der Waals surface area contributed by atoms with Crippen molar-refractivity contribution in [3.63, 3.8) is 0 Å². The van der Waals surface area contributed by atoms with Crippen molar-refractivity contribution in [2.45, 2.75) is 39.5 Å². The van der Waals surface area contributed by atoms with E-state index in [-0.39, 0.29) is 17.8 Å². The van der Waals surface area contributed by atoms with Gasteiger partial charge in [0.2, 0.25) is 0 Å². The van der Waals surface area contributed by atoms with E-state index in [4.69, 9.17) is 16.3 Å². The molecule has 1 rings (SSSR count). The molecule has 1 unspecified atom stereocenters. The third-order valence-corrected chi connectivity index (χ3v) is 3.97. The number of unbranched alkanes of at least 4 members (excludes halogenated alkanes) is 3. The first-order valence-corrected chi connectivity index (χ1v) is 8.50. The fourth-order valence-electron chi connectivity index (χ4n) is 2.42. The van der Waals surface area contributed by atoms with Crippen LogP contribution < -0.4 is 0 Å². The normalized spacial score (nSPS) is 11.8. The van der Waals surface area contributed by atoms with Crippen molar-refractivity contribution < 1.29 is 14.3 Å². The molecule has 0 heterocycles. The zero-order chi connectivity index (χ0) is 17.2. The Morgan fingerprint density at radius 3 is 2.61 bits per heavy atom. The lowest BCUT2D eigenvalue weighted by Crippen LogP contribution is -2.38. The molecular weight excluding hydrogens is 314 g/mol. The van der Waals surface area contributed by atoms with E-state index >= 15 is 0 Å². The van der Waals surface area contributed by atoms with Crippen LogP contribution in [0.25, 0.3) is 0 Å². The predicted molar refractivity (Wildman–Crippen MR) is 92.7 cm³/mol. The Kier molecular flexibility index (Phi) is 8.70. The van der Waals surface area contributed by atoms with E-state index in [2.05, 4.69) is 6.92 Å². The van der Waals surface area contributed by atoms with E-state index in [1.54, 1.807) is 36.1 Å². The summed E-state index contributed by atoms with van der Waals surface area (Å²) in [5, 5.41) is 0.530. The summed E-state index contributed by atoms with van der Waals surface area (Å²) in [7, 11) is 1.36. The second-order valence-electron chi connectivity index (χ2n) is 5.75. The standard InChI is InChI=1S/C18H26ClNO3/c1-4-5-6-7-11-20(13-14(2)18(22)23-3)17(21)15-9-8-10-16(19)12-15/h8-10,12,14H,4-7,11,13H2,1-3H3. The van der Waals surface area contributed by atoms with Gasteiger partial charge in [-0.05, 0) is 24.6 Å². The fraction of sp³-hybridized carbons (Fsp3) is 0.556. The number of hydrogen-bond acceptors (Lipinski definition) is 3. The molecule has 0 N–H and O–H groups in total. The number of nitrogens with zero attached hydrogens (tertiary/aromatic N) is 1. The zero-order valence-electron chi connectivity index (χ0n) is 14.2. The number of rotatable bonds is 9. The maximum absolute atomic E-state index is 12.7. The fourth-order valence-corrected chi connectivity index (χ4v) is 2.61. The Morgan fingerprint density at radius 1 is 1.26 bits per heavy atom. The van der Waals surface area contributed by atoms with Gasteiger partial charge < -0.3 is 9.64 Å². The van der Waals surface area contributed by atoms with Crippen LogP contribution >= 0.6 is 11.6 Å². The van der Waals surface area contributed by atoms with E-state index in [0.29, 0.717) is 23.7 Å². The van der Waals surface area contributed by atoms with Crippen molar-refractivity contribution in [2.24, 2.45) is 5.92 Å². The van der Waals surface area contributed by atoms with Gasteiger partial charge >= 0.3 is 5.97 Å². The first-order valence-electron chi connectivity index (χ1n) is 8.12. The van der Waals surface area contributed by atoms with E-state index in [1.165, 1.54) is 7.11 Å². The molecule has 1 aromatic carbocycles. The van der Waals surface area contributed by atoms with Crippen LogP contribution in [0.15, 0.2) is 24.3 Å². The number of esters is 1. The molecule has 0 fully saturated rings. The Balaban J connectivity index is 2.80. The minimum Gasteiger partial charge on any atom is -0.469 e. The molecule has 5 heteroatoms. The van der Waals surface area contributed by atoms with Gasteiger partial charge in [0.15, 0.2) is 0 Å². The van der Waals surface area contributed by atoms with Crippen LogP contribution in [0.2, 0.25) is 5.02 Å². The summed E-state index contributed by atoms with van der Waals surface area (Å²) >= 11 is 5.97. The van der Waals surface area contributed by atoms with Crippen LogP contribution in [-0.4, -0.2) is 37.0 Å². The average molecular weight is 340 g/mol. The van der Waals surface area contributed by atoms with Crippen LogP contribution in [0.3, 0.4) is 0 Å². The molecule has 1 atom stereocenters. The van der Waals surface area contributed by atoms with Crippen LogP contribution in [0.1, 0.15) is 49.9 Å². The monoisotopic (exact) mass is 339 g/mol. The lowest BCUT2D eigenvalue weighted by molar-refractivity contribution is -0.145. The van der Waals surface area contributed by atoms with E-state index in [1.807, 2.05) is 0 Å². The highest BCUT2D eigenvalue weighted by Gasteiger charge is 2.22. The maximum Gasteiger partial charge on any atom is 0.310 e. The summed E-state index contributed by atoms with van der Waals surface area (Å²) in [5.41, 5.74) is 0.546. The molecule has 0 saturated carbocycles. The number of carbonyl (C=O) groups excluding carboxylic acids is 2. The minimum absolute atomic E-state index is 0.0975. The largest absolute Gasteiger partial charge is 0.469 e. The molecule has 0 aliphatic heterocycles. The highest BCUT2D eigenvalue weighted by Crippen LogP contribution is 2.15. The van der Waals surface area contributed by atoms with Gasteiger partial charge in [0.25, 0.3) is 5.91 Å². The second-order valence-corrected chi connectivity index (χ2v) is 6.18. The number of carbonyl (C=O) groups is 2. The molecule has 0 aliphatic rings. The Bertz CT molecular complexity index is 519. The smallest absolute Gasteiger partial charge is 0.310 e. The molecule has 0 spiro atoms. The molecule has 0 bridgehead atoms. The highest BCUT2D eigenvalue weighted by molar-refractivity contribution is 6.30. The van der Waals surface area contributed by atoms with Gasteiger partial charge in [0.05, 0.1) is 13.0 Å². The van der Waals surface area contributed by atoms with Crippen LogP contribution in [0.5, 0.6) is 0 Å². The second kappa shape index (κ2) is 10.3. The van der Waals surface area contributed by atoms with Crippen LogP contribution in [0.4, 0.5) is 0 Å². The summed E-state index contributed by atoms with van der Waals surface area (Å²) in [6.45, 7) is 4.90. The molecule has 0 saturated heterocycles. The lowest BCUT2D eigenvalue weighted by atomic mass is 10.1. The summed E-state index contributed by atoms with van der Waals surface area (Å²) in [4.78, 5) is 26.1. The number of amides is 1. The molecule has 128 valence electrons. The molecule has 0 aromatic heterocycles. The number of halogens is 1. The summed E-state index contributed by atoms with van der Waals surface area (Å²) in [6.07, 6.45) is 4.28. The van der Waals surface area contributed by atoms with Gasteiger partial charge in [0.1, 0.15) is 0 Å². The predicted octanol–water partition coefficient (Wildman–Crippen LogP) is 4.17. The Labute approximate surface area is 143 Å². The van der Waals surface area contributed by atoms with Crippen molar-refractivity contribution in [1.29, 1.82) is 0 Å². The van der Waals surface area contributed by atoms with Gasteiger partial charge in [-0.15, -0.1) is 0 Å². The van der Waals surface area contributed by atoms with Gasteiger partial charge in [-0.3, -0.25) is 9.59 Å². The van der Waals surface area contributed by atoms with Crippen molar-refractivity contribution in [3.8, 4) is 0 Å². The Hall–Kier alpha value is -1.55. The number of hydrogen-bond donors (Lipinski definition) is 0. The van der Waals surface area contributed by atoms with Crippen LogP contribution in [0, 0.1) is 5.92 Å². The van der Waals surface area contributed by atoms with E-state index in [9.17, 15) is 9.59 Å².